The Labute approximate surface area is 117 Å². The highest BCUT2D eigenvalue weighted by atomic mass is 35.5. The summed E-state index contributed by atoms with van der Waals surface area (Å²) < 4.78 is 0.825. The maximum absolute atomic E-state index is 11.7. The molecule has 0 spiro atoms. The largest absolute Gasteiger partial charge is 0.511 e. The summed E-state index contributed by atoms with van der Waals surface area (Å²) >= 11 is 7.22. The number of hydrogen-bond acceptors (Lipinski definition) is 5. The third kappa shape index (κ3) is 2.67. The van der Waals surface area contributed by atoms with Crippen LogP contribution in [0.15, 0.2) is 29.5 Å². The van der Waals surface area contributed by atoms with Crippen molar-refractivity contribution >= 4 is 44.2 Å². The summed E-state index contributed by atoms with van der Waals surface area (Å²) in [6, 6.07) is 6.95. The van der Waals surface area contributed by atoms with Gasteiger partial charge in [-0.3, -0.25) is 10.1 Å². The quantitative estimate of drug-likeness (QED) is 0.505. The van der Waals surface area contributed by atoms with Crippen LogP contribution in [0, 0.1) is 11.3 Å². The molecular weight excluding hydrogens is 286 g/mol. The molecule has 2 N–H and O–H groups in total. The molecule has 2 aromatic rings. The van der Waals surface area contributed by atoms with Gasteiger partial charge in [-0.1, -0.05) is 29.0 Å². The molecule has 1 aromatic carbocycles. The fourth-order valence-electron chi connectivity index (χ4n) is 1.42. The van der Waals surface area contributed by atoms with Gasteiger partial charge >= 0.3 is 0 Å². The topological polar surface area (TPSA) is 86.0 Å². The zero-order chi connectivity index (χ0) is 14.0. The third-order valence-corrected chi connectivity index (χ3v) is 3.53. The molecule has 0 unspecified atom stereocenters. The number of carbonyl (C=O) groups excluding carboxylic acids is 1. The Balaban J connectivity index is 2.33. The molecule has 0 atom stereocenters. The van der Waals surface area contributed by atoms with Crippen LogP contribution in [0.2, 0.25) is 5.02 Å². The summed E-state index contributed by atoms with van der Waals surface area (Å²) in [6.45, 7) is 1.27. The van der Waals surface area contributed by atoms with Crippen LogP contribution >= 0.6 is 22.9 Å². The van der Waals surface area contributed by atoms with Gasteiger partial charge in [0.15, 0.2) is 10.7 Å². The summed E-state index contributed by atoms with van der Waals surface area (Å²) in [5, 5.41) is 21.2. The first-order valence-electron chi connectivity index (χ1n) is 5.19. The number of para-hydroxylation sites is 1. The average Bonchev–Trinajstić information content (AvgIpc) is 2.73. The highest BCUT2D eigenvalue weighted by Gasteiger charge is 2.15. The van der Waals surface area contributed by atoms with E-state index in [9.17, 15) is 9.90 Å². The first kappa shape index (κ1) is 13.3. The summed E-state index contributed by atoms with van der Waals surface area (Å²) in [7, 11) is 0. The number of aliphatic hydroxyl groups is 1. The maximum Gasteiger partial charge on any atom is 0.271 e. The number of aliphatic hydroxyl groups excluding tert-OH is 1. The normalized spacial score (nSPS) is 11.8. The van der Waals surface area contributed by atoms with E-state index in [1.54, 1.807) is 18.2 Å². The van der Waals surface area contributed by atoms with Gasteiger partial charge in [0.2, 0.25) is 0 Å². The van der Waals surface area contributed by atoms with Crippen molar-refractivity contribution in [3.05, 3.63) is 34.6 Å². The van der Waals surface area contributed by atoms with E-state index < -0.39 is 5.91 Å². The first-order chi connectivity index (χ1) is 9.02. The number of carbonyl (C=O) groups is 1. The monoisotopic (exact) mass is 293 g/mol. The second kappa shape index (κ2) is 5.26. The van der Waals surface area contributed by atoms with Crippen molar-refractivity contribution in [1.82, 2.24) is 4.98 Å². The van der Waals surface area contributed by atoms with Crippen LogP contribution in [0.5, 0.6) is 0 Å². The number of hydrogen-bond donors (Lipinski definition) is 2. The number of nitrogens with one attached hydrogen (secondary N) is 1. The van der Waals surface area contributed by atoms with Gasteiger partial charge < -0.3 is 5.11 Å². The van der Waals surface area contributed by atoms with Gasteiger partial charge in [0.25, 0.3) is 5.91 Å². The number of rotatable bonds is 2. The molecule has 0 bridgehead atoms. The molecule has 19 heavy (non-hydrogen) atoms. The molecule has 0 saturated carbocycles. The van der Waals surface area contributed by atoms with Crippen LogP contribution in [-0.2, 0) is 4.79 Å². The van der Waals surface area contributed by atoms with Crippen LogP contribution in [0.1, 0.15) is 6.92 Å². The van der Waals surface area contributed by atoms with Crippen molar-refractivity contribution in [2.24, 2.45) is 0 Å². The molecule has 0 radical (unpaired) electrons. The molecular formula is C12H8ClN3O2S. The van der Waals surface area contributed by atoms with E-state index in [2.05, 4.69) is 10.3 Å². The average molecular weight is 294 g/mol. The minimum absolute atomic E-state index is 0.321. The minimum Gasteiger partial charge on any atom is -0.511 e. The Hall–Kier alpha value is -2.10. The fraction of sp³-hybridized carbons (Fsp3) is 0.0833. The van der Waals surface area contributed by atoms with Crippen LogP contribution in [0.25, 0.3) is 10.2 Å². The number of halogens is 1. The number of anilines is 1. The summed E-state index contributed by atoms with van der Waals surface area (Å²) in [6.07, 6.45) is 0. The number of nitriles is 1. The van der Waals surface area contributed by atoms with E-state index >= 15 is 0 Å². The third-order valence-electron chi connectivity index (χ3n) is 2.29. The zero-order valence-electron chi connectivity index (χ0n) is 9.77. The van der Waals surface area contributed by atoms with E-state index in [1.807, 2.05) is 6.07 Å². The maximum atomic E-state index is 11.7. The molecule has 0 aliphatic carbocycles. The van der Waals surface area contributed by atoms with Crippen molar-refractivity contribution in [2.45, 2.75) is 6.92 Å². The highest BCUT2D eigenvalue weighted by Crippen LogP contribution is 2.30. The van der Waals surface area contributed by atoms with Crippen LogP contribution in [0.4, 0.5) is 5.13 Å². The second-order valence-electron chi connectivity index (χ2n) is 3.63. The summed E-state index contributed by atoms with van der Waals surface area (Å²) in [5.74, 6) is -1.03. The lowest BCUT2D eigenvalue weighted by atomic mass is 10.2. The number of amides is 1. The van der Waals surface area contributed by atoms with E-state index in [0.717, 1.165) is 4.70 Å². The standard InChI is InChI=1S/C12H8ClN3O2S/c1-6(17)7(5-14)11(18)16-12-15-10-8(13)3-2-4-9(10)19-12/h2-4,17H,1H3,(H,15,16,18). The number of benzene rings is 1. The highest BCUT2D eigenvalue weighted by molar-refractivity contribution is 7.22. The van der Waals surface area contributed by atoms with Crippen molar-refractivity contribution in [3.8, 4) is 6.07 Å². The van der Waals surface area contributed by atoms with Gasteiger partial charge in [0.05, 0.1) is 9.72 Å². The molecule has 0 fully saturated rings. The number of aromatic nitrogens is 1. The Morgan fingerprint density at radius 3 is 2.89 bits per heavy atom. The number of allylic oxidation sites excluding steroid dienone is 1. The minimum atomic E-state index is -0.697. The Bertz CT molecular complexity index is 726. The predicted molar refractivity (Wildman–Crippen MR) is 74.2 cm³/mol. The van der Waals surface area contributed by atoms with Crippen molar-refractivity contribution in [3.63, 3.8) is 0 Å². The summed E-state index contributed by atoms with van der Waals surface area (Å²) in [5.41, 5.74) is 0.248. The van der Waals surface area contributed by atoms with Crippen molar-refractivity contribution < 1.29 is 9.90 Å². The number of thiazole rings is 1. The molecule has 5 nitrogen and oxygen atoms in total. The lowest BCUT2D eigenvalue weighted by Gasteiger charge is -1.99. The molecule has 7 heteroatoms. The Morgan fingerprint density at radius 1 is 1.58 bits per heavy atom. The van der Waals surface area contributed by atoms with Crippen molar-refractivity contribution in [2.75, 3.05) is 5.32 Å². The molecule has 0 saturated heterocycles. The van der Waals surface area contributed by atoms with Crippen LogP contribution < -0.4 is 5.32 Å². The van der Waals surface area contributed by atoms with E-state index in [-0.39, 0.29) is 11.3 Å². The molecule has 96 valence electrons. The molecule has 1 heterocycles. The SMILES string of the molecule is CC(O)=C(C#N)C(=O)Nc1nc2c(Cl)cccc2s1. The molecule has 0 aliphatic rings. The zero-order valence-corrected chi connectivity index (χ0v) is 11.3. The van der Waals surface area contributed by atoms with Gasteiger partial charge in [-0.05, 0) is 19.1 Å². The van der Waals surface area contributed by atoms with Gasteiger partial charge in [-0.25, -0.2) is 4.98 Å². The van der Waals surface area contributed by atoms with E-state index in [4.69, 9.17) is 16.9 Å². The predicted octanol–water partition coefficient (Wildman–Crippen LogP) is 3.24. The van der Waals surface area contributed by atoms with E-state index in [1.165, 1.54) is 18.3 Å². The second-order valence-corrected chi connectivity index (χ2v) is 5.07. The van der Waals surface area contributed by atoms with Gasteiger partial charge in [-0.15, -0.1) is 0 Å². The van der Waals surface area contributed by atoms with E-state index in [0.29, 0.717) is 15.7 Å². The number of nitrogens with zero attached hydrogens (tertiary/aromatic N) is 2. The first-order valence-corrected chi connectivity index (χ1v) is 6.38. The van der Waals surface area contributed by atoms with Gasteiger partial charge in [0.1, 0.15) is 17.3 Å². The Morgan fingerprint density at radius 2 is 2.32 bits per heavy atom. The molecule has 1 amide bonds. The molecule has 2 rings (SSSR count). The van der Waals surface area contributed by atoms with Crippen molar-refractivity contribution in [1.29, 1.82) is 5.26 Å². The fourth-order valence-corrected chi connectivity index (χ4v) is 2.58. The lowest BCUT2D eigenvalue weighted by molar-refractivity contribution is -0.112. The van der Waals surface area contributed by atoms with Crippen LogP contribution in [-0.4, -0.2) is 16.0 Å². The Kier molecular flexibility index (Phi) is 3.69. The van der Waals surface area contributed by atoms with Gasteiger partial charge in [-0.2, -0.15) is 5.26 Å². The molecule has 1 aromatic heterocycles. The number of fused-ring (bicyclic) bond motifs is 1. The lowest BCUT2D eigenvalue weighted by Crippen LogP contribution is -2.14. The smallest absolute Gasteiger partial charge is 0.271 e. The molecule has 0 aliphatic heterocycles. The van der Waals surface area contributed by atoms with Crippen LogP contribution in [0.3, 0.4) is 0 Å². The summed E-state index contributed by atoms with van der Waals surface area (Å²) in [4.78, 5) is 15.9. The van der Waals surface area contributed by atoms with Gasteiger partial charge in [0, 0.05) is 0 Å².